The highest BCUT2D eigenvalue weighted by Crippen LogP contribution is 2.35. The molecule has 2 aromatic rings. The predicted octanol–water partition coefficient (Wildman–Crippen LogP) is 3.50. The van der Waals surface area contributed by atoms with Gasteiger partial charge in [-0.25, -0.2) is 8.42 Å². The molecule has 1 atom stereocenters. The minimum absolute atomic E-state index is 0.188. The van der Waals surface area contributed by atoms with E-state index in [-0.39, 0.29) is 10.9 Å². The number of rotatable bonds is 5. The first-order valence-electron chi connectivity index (χ1n) is 7.72. The van der Waals surface area contributed by atoms with Crippen LogP contribution in [0.4, 0.5) is 0 Å². The van der Waals surface area contributed by atoms with E-state index < -0.39 is 15.1 Å². The van der Waals surface area contributed by atoms with Gasteiger partial charge in [-0.1, -0.05) is 37.6 Å². The van der Waals surface area contributed by atoms with E-state index in [1.54, 1.807) is 6.07 Å². The Morgan fingerprint density at radius 3 is 2.43 bits per heavy atom. The van der Waals surface area contributed by atoms with Gasteiger partial charge in [-0.2, -0.15) is 4.73 Å². The zero-order valence-electron chi connectivity index (χ0n) is 14.0. The van der Waals surface area contributed by atoms with E-state index in [0.29, 0.717) is 11.2 Å². The van der Waals surface area contributed by atoms with E-state index >= 15 is 0 Å². The molecule has 0 fully saturated rings. The molecule has 0 amide bonds. The van der Waals surface area contributed by atoms with Crippen molar-refractivity contribution in [1.82, 2.24) is 0 Å². The van der Waals surface area contributed by atoms with Gasteiger partial charge in [-0.15, -0.1) is 0 Å². The summed E-state index contributed by atoms with van der Waals surface area (Å²) in [5, 5.41) is 11.1. The molecule has 0 aliphatic rings. The van der Waals surface area contributed by atoms with Crippen LogP contribution in [0, 0.1) is 25.0 Å². The van der Waals surface area contributed by atoms with Gasteiger partial charge in [0.25, 0.3) is 0 Å². The molecular weight excluding hydrogens is 310 g/mol. The molecule has 0 saturated carbocycles. The third-order valence-corrected chi connectivity index (χ3v) is 6.02. The van der Waals surface area contributed by atoms with Crippen LogP contribution in [0.5, 0.6) is 0 Å². The van der Waals surface area contributed by atoms with Crippen LogP contribution >= 0.6 is 0 Å². The highest BCUT2D eigenvalue weighted by molar-refractivity contribution is 7.91. The second-order valence-electron chi connectivity index (χ2n) is 6.39. The highest BCUT2D eigenvalue weighted by atomic mass is 32.2. The van der Waals surface area contributed by atoms with E-state index in [9.17, 15) is 13.6 Å². The highest BCUT2D eigenvalue weighted by Gasteiger charge is 2.36. The van der Waals surface area contributed by atoms with E-state index in [2.05, 4.69) is 0 Å². The Bertz CT molecular complexity index is 798. The fourth-order valence-corrected chi connectivity index (χ4v) is 4.83. The van der Waals surface area contributed by atoms with Gasteiger partial charge < -0.3 is 5.21 Å². The standard InChI is InChI=1S/C18H23NO3S/c1-13(2)11-17(16-12-14(3)8-9-15(16)4)23(21,22)18-7-5-6-10-19(18)20/h5-10,12-13,17H,11H2,1-4H3. The number of hydrogen-bond acceptors (Lipinski definition) is 3. The minimum Gasteiger partial charge on any atom is -0.618 e. The summed E-state index contributed by atoms with van der Waals surface area (Å²) in [6.07, 6.45) is 1.70. The Morgan fingerprint density at radius 1 is 1.13 bits per heavy atom. The van der Waals surface area contributed by atoms with Gasteiger partial charge in [-0.05, 0) is 43.4 Å². The molecule has 0 bridgehead atoms. The van der Waals surface area contributed by atoms with E-state index in [4.69, 9.17) is 0 Å². The zero-order chi connectivity index (χ0) is 17.2. The summed E-state index contributed by atoms with van der Waals surface area (Å²) < 4.78 is 26.7. The maximum Gasteiger partial charge on any atom is 0.309 e. The third-order valence-electron chi connectivity index (χ3n) is 3.92. The Labute approximate surface area is 138 Å². The molecule has 1 aromatic carbocycles. The summed E-state index contributed by atoms with van der Waals surface area (Å²) >= 11 is 0. The van der Waals surface area contributed by atoms with Crippen molar-refractivity contribution in [2.75, 3.05) is 0 Å². The van der Waals surface area contributed by atoms with Gasteiger partial charge in [0.15, 0.2) is 6.20 Å². The van der Waals surface area contributed by atoms with Crippen molar-refractivity contribution in [3.05, 3.63) is 64.5 Å². The van der Waals surface area contributed by atoms with Crippen LogP contribution < -0.4 is 4.73 Å². The van der Waals surface area contributed by atoms with Crippen LogP contribution in [-0.4, -0.2) is 8.42 Å². The lowest BCUT2D eigenvalue weighted by Gasteiger charge is -2.21. The van der Waals surface area contributed by atoms with Crippen molar-refractivity contribution in [1.29, 1.82) is 0 Å². The molecule has 0 radical (unpaired) electrons. The number of benzene rings is 1. The van der Waals surface area contributed by atoms with Crippen molar-refractivity contribution >= 4 is 9.84 Å². The summed E-state index contributed by atoms with van der Waals surface area (Å²) in [5.74, 6) is 0.193. The van der Waals surface area contributed by atoms with Gasteiger partial charge >= 0.3 is 5.03 Å². The summed E-state index contributed by atoms with van der Waals surface area (Å²) in [4.78, 5) is 0. The van der Waals surface area contributed by atoms with Crippen LogP contribution in [0.25, 0.3) is 0 Å². The van der Waals surface area contributed by atoms with Crippen molar-refractivity contribution in [3.8, 4) is 0 Å². The predicted molar refractivity (Wildman–Crippen MR) is 90.7 cm³/mol. The summed E-state index contributed by atoms with van der Waals surface area (Å²) in [7, 11) is -3.77. The molecule has 1 heterocycles. The Morgan fingerprint density at radius 2 is 1.83 bits per heavy atom. The summed E-state index contributed by atoms with van der Waals surface area (Å²) in [6, 6.07) is 10.3. The van der Waals surface area contributed by atoms with Gasteiger partial charge in [0, 0.05) is 12.1 Å². The van der Waals surface area contributed by atoms with Crippen LogP contribution in [0.15, 0.2) is 47.6 Å². The molecule has 124 valence electrons. The fourth-order valence-electron chi connectivity index (χ4n) is 2.73. The van der Waals surface area contributed by atoms with E-state index in [0.717, 1.165) is 16.7 Å². The second kappa shape index (κ2) is 6.71. The first-order valence-corrected chi connectivity index (χ1v) is 9.27. The molecule has 1 unspecified atom stereocenters. The number of hydrogen-bond donors (Lipinski definition) is 0. The second-order valence-corrected chi connectivity index (χ2v) is 8.47. The summed E-state index contributed by atoms with van der Waals surface area (Å²) in [6.45, 7) is 7.83. The molecule has 2 rings (SSSR count). The normalized spacial score (nSPS) is 13.3. The Kier molecular flexibility index (Phi) is 5.09. The molecule has 0 N–H and O–H groups in total. The SMILES string of the molecule is Cc1ccc(C)c(C(CC(C)C)S(=O)(=O)c2cccc[n+]2[O-])c1. The molecule has 5 heteroatoms. The molecular formula is C18H23NO3S. The number of nitrogens with zero attached hydrogens (tertiary/aromatic N) is 1. The lowest BCUT2D eigenvalue weighted by atomic mass is 9.97. The smallest absolute Gasteiger partial charge is 0.309 e. The van der Waals surface area contributed by atoms with Crippen LogP contribution in [0.3, 0.4) is 0 Å². The monoisotopic (exact) mass is 333 g/mol. The Balaban J connectivity index is 2.63. The van der Waals surface area contributed by atoms with E-state index in [1.807, 2.05) is 45.9 Å². The van der Waals surface area contributed by atoms with Gasteiger partial charge in [0.1, 0.15) is 0 Å². The third kappa shape index (κ3) is 3.72. The maximum absolute atomic E-state index is 13.1. The number of aromatic nitrogens is 1. The molecule has 4 nitrogen and oxygen atoms in total. The first-order chi connectivity index (χ1) is 10.7. The van der Waals surface area contributed by atoms with Crippen molar-refractivity contribution in [2.24, 2.45) is 5.92 Å². The van der Waals surface area contributed by atoms with Crippen molar-refractivity contribution in [3.63, 3.8) is 0 Å². The fraction of sp³-hybridized carbons (Fsp3) is 0.389. The van der Waals surface area contributed by atoms with Crippen molar-refractivity contribution < 1.29 is 13.1 Å². The molecule has 0 saturated heterocycles. The Hall–Kier alpha value is -1.88. The number of aryl methyl sites for hydroxylation is 2. The minimum atomic E-state index is -3.77. The van der Waals surface area contributed by atoms with Gasteiger partial charge in [0.05, 0.1) is 5.25 Å². The van der Waals surface area contributed by atoms with Gasteiger partial charge in [-0.3, -0.25) is 0 Å². The average Bonchev–Trinajstić information content (AvgIpc) is 2.47. The largest absolute Gasteiger partial charge is 0.618 e. The van der Waals surface area contributed by atoms with E-state index in [1.165, 1.54) is 18.3 Å². The average molecular weight is 333 g/mol. The van der Waals surface area contributed by atoms with Gasteiger partial charge in [0.2, 0.25) is 9.84 Å². The molecule has 1 aromatic heterocycles. The molecule has 0 aliphatic heterocycles. The zero-order valence-corrected chi connectivity index (χ0v) is 14.8. The lowest BCUT2D eigenvalue weighted by Crippen LogP contribution is -2.35. The van der Waals surface area contributed by atoms with Crippen molar-refractivity contribution in [2.45, 2.75) is 44.4 Å². The molecule has 0 spiro atoms. The van der Waals surface area contributed by atoms with Crippen LogP contribution in [0.2, 0.25) is 0 Å². The molecule has 23 heavy (non-hydrogen) atoms. The number of sulfone groups is 1. The first kappa shape index (κ1) is 17.5. The number of pyridine rings is 1. The topological polar surface area (TPSA) is 61.1 Å². The molecule has 0 aliphatic carbocycles. The van der Waals surface area contributed by atoms with Crippen LogP contribution in [-0.2, 0) is 9.84 Å². The summed E-state index contributed by atoms with van der Waals surface area (Å²) in [5.41, 5.74) is 2.72. The quantitative estimate of drug-likeness (QED) is 0.621. The lowest BCUT2D eigenvalue weighted by molar-refractivity contribution is -0.646. The maximum atomic E-state index is 13.1. The van der Waals surface area contributed by atoms with Crippen LogP contribution in [0.1, 0.15) is 42.2 Å².